The Morgan fingerprint density at radius 2 is 1.96 bits per heavy atom. The van der Waals surface area contributed by atoms with Gasteiger partial charge in [-0.3, -0.25) is 9.59 Å². The van der Waals surface area contributed by atoms with Crippen molar-refractivity contribution >= 4 is 27.5 Å². The van der Waals surface area contributed by atoms with Crippen molar-refractivity contribution in [3.05, 3.63) is 23.8 Å². The van der Waals surface area contributed by atoms with E-state index in [0.29, 0.717) is 24.2 Å². The predicted octanol–water partition coefficient (Wildman–Crippen LogP) is 3.99. The number of hydrogen-bond donors (Lipinski definition) is 1. The normalized spacial score (nSPS) is 48.4. The summed E-state index contributed by atoms with van der Waals surface area (Å²) in [5.74, 6) is 1.49. The fourth-order valence-electron chi connectivity index (χ4n) is 6.78. The number of carbonyl (C=O) groups excluding carboxylic acids is 2. The van der Waals surface area contributed by atoms with Crippen molar-refractivity contribution in [1.29, 1.82) is 0 Å². The van der Waals surface area contributed by atoms with E-state index in [1.54, 1.807) is 6.08 Å². The summed E-state index contributed by atoms with van der Waals surface area (Å²) in [5, 5.41) is 11.5. The second-order valence-electron chi connectivity index (χ2n) is 9.02. The maximum absolute atomic E-state index is 12.5. The molecule has 4 aliphatic carbocycles. The highest BCUT2D eigenvalue weighted by atomic mass is 79.9. The lowest BCUT2D eigenvalue weighted by atomic mass is 9.47. The van der Waals surface area contributed by atoms with Crippen LogP contribution in [0.15, 0.2) is 23.8 Å². The van der Waals surface area contributed by atoms with E-state index in [1.807, 2.05) is 6.08 Å². The van der Waals surface area contributed by atoms with Crippen LogP contribution in [0, 0.1) is 28.6 Å². The SMILES string of the molecule is C[C@]12C=CC(=O)C=C1CC[C@@H]1[C@@H]2CC[C@@]2(C)[C@H]1CC[C@]2(O)C(=O)CBr. The van der Waals surface area contributed by atoms with E-state index in [-0.39, 0.29) is 27.7 Å². The summed E-state index contributed by atoms with van der Waals surface area (Å²) in [6, 6.07) is 0. The third-order valence-corrected chi connectivity index (χ3v) is 8.80. The smallest absolute Gasteiger partial charge is 0.178 e. The van der Waals surface area contributed by atoms with Gasteiger partial charge in [-0.15, -0.1) is 0 Å². The van der Waals surface area contributed by atoms with Crippen LogP contribution in [0.3, 0.4) is 0 Å². The van der Waals surface area contributed by atoms with E-state index in [2.05, 4.69) is 35.9 Å². The van der Waals surface area contributed by atoms with Crippen LogP contribution in [0.5, 0.6) is 0 Å². The van der Waals surface area contributed by atoms with Crippen molar-refractivity contribution in [1.82, 2.24) is 0 Å². The lowest BCUT2D eigenvalue weighted by molar-refractivity contribution is -0.158. The fourth-order valence-corrected chi connectivity index (χ4v) is 7.25. The monoisotopic (exact) mass is 406 g/mol. The third-order valence-electron chi connectivity index (χ3n) is 8.29. The molecule has 0 spiro atoms. The zero-order chi connectivity index (χ0) is 18.0. The molecule has 0 saturated heterocycles. The summed E-state index contributed by atoms with van der Waals surface area (Å²) in [6.45, 7) is 4.43. The Morgan fingerprint density at radius 1 is 1.24 bits per heavy atom. The minimum atomic E-state index is -1.18. The van der Waals surface area contributed by atoms with Gasteiger partial charge in [0.1, 0.15) is 5.60 Å². The van der Waals surface area contributed by atoms with Gasteiger partial charge in [-0.1, -0.05) is 41.4 Å². The number of carbonyl (C=O) groups is 2. The molecule has 25 heavy (non-hydrogen) atoms. The molecule has 0 unspecified atom stereocenters. The number of halogens is 1. The fraction of sp³-hybridized carbons (Fsp3) is 0.714. The van der Waals surface area contributed by atoms with Gasteiger partial charge in [0, 0.05) is 10.8 Å². The van der Waals surface area contributed by atoms with Gasteiger partial charge in [-0.2, -0.15) is 0 Å². The van der Waals surface area contributed by atoms with Gasteiger partial charge in [0.2, 0.25) is 0 Å². The van der Waals surface area contributed by atoms with Crippen LogP contribution in [0.2, 0.25) is 0 Å². The molecule has 3 fully saturated rings. The van der Waals surface area contributed by atoms with Gasteiger partial charge >= 0.3 is 0 Å². The summed E-state index contributed by atoms with van der Waals surface area (Å²) < 4.78 is 0. The zero-order valence-electron chi connectivity index (χ0n) is 15.1. The highest BCUT2D eigenvalue weighted by Gasteiger charge is 2.65. The Labute approximate surface area is 158 Å². The summed E-state index contributed by atoms with van der Waals surface area (Å²) in [6.07, 6.45) is 11.2. The van der Waals surface area contributed by atoms with Gasteiger partial charge in [-0.05, 0) is 68.4 Å². The van der Waals surface area contributed by atoms with Crippen molar-refractivity contribution < 1.29 is 14.7 Å². The van der Waals surface area contributed by atoms with Gasteiger partial charge in [-0.25, -0.2) is 0 Å². The van der Waals surface area contributed by atoms with Crippen LogP contribution in [0.25, 0.3) is 0 Å². The van der Waals surface area contributed by atoms with E-state index in [9.17, 15) is 14.7 Å². The number of ketones is 2. The molecule has 4 aliphatic rings. The highest BCUT2D eigenvalue weighted by molar-refractivity contribution is 9.09. The Morgan fingerprint density at radius 3 is 2.68 bits per heavy atom. The maximum atomic E-state index is 12.5. The summed E-state index contributed by atoms with van der Waals surface area (Å²) in [4.78, 5) is 24.3. The number of allylic oxidation sites excluding steroid dienone is 4. The second-order valence-corrected chi connectivity index (χ2v) is 9.58. The Bertz CT molecular complexity index is 695. The maximum Gasteiger partial charge on any atom is 0.178 e. The molecule has 0 aliphatic heterocycles. The summed E-state index contributed by atoms with van der Waals surface area (Å²) in [5.41, 5.74) is -0.236. The molecule has 0 radical (unpaired) electrons. The van der Waals surface area contributed by atoms with Crippen LogP contribution in [-0.4, -0.2) is 27.6 Å². The van der Waals surface area contributed by atoms with Crippen molar-refractivity contribution in [3.63, 3.8) is 0 Å². The zero-order valence-corrected chi connectivity index (χ0v) is 16.6. The molecule has 3 nitrogen and oxygen atoms in total. The first-order valence-corrected chi connectivity index (χ1v) is 10.6. The molecule has 0 aromatic rings. The van der Waals surface area contributed by atoms with Gasteiger partial charge < -0.3 is 5.11 Å². The number of fused-ring (bicyclic) bond motifs is 5. The number of alkyl halides is 1. The quantitative estimate of drug-likeness (QED) is 0.705. The number of Topliss-reactive ketones (excluding diaryl/α,β-unsaturated/α-hetero) is 1. The second kappa shape index (κ2) is 5.63. The minimum absolute atomic E-state index is 0.0295. The lowest BCUT2D eigenvalue weighted by Gasteiger charge is -2.57. The van der Waals surface area contributed by atoms with E-state index in [4.69, 9.17) is 0 Å². The average Bonchev–Trinajstić information content (AvgIpc) is 2.87. The summed E-state index contributed by atoms with van der Waals surface area (Å²) >= 11 is 3.27. The molecule has 4 heteroatoms. The van der Waals surface area contributed by atoms with Crippen molar-refractivity contribution in [2.75, 3.05) is 5.33 Å². The lowest BCUT2D eigenvalue weighted by Crippen LogP contribution is -2.57. The molecule has 0 heterocycles. The summed E-state index contributed by atoms with van der Waals surface area (Å²) in [7, 11) is 0. The minimum Gasteiger partial charge on any atom is -0.381 e. The van der Waals surface area contributed by atoms with Crippen LogP contribution in [0.1, 0.15) is 52.4 Å². The van der Waals surface area contributed by atoms with Gasteiger partial charge in [0.15, 0.2) is 11.6 Å². The molecule has 136 valence electrons. The van der Waals surface area contributed by atoms with Crippen molar-refractivity contribution in [2.45, 2.75) is 58.0 Å². The molecular weight excluding hydrogens is 380 g/mol. The first-order valence-electron chi connectivity index (χ1n) is 9.52. The molecule has 0 amide bonds. The molecule has 1 N–H and O–H groups in total. The van der Waals surface area contributed by atoms with Gasteiger partial charge in [0.25, 0.3) is 0 Å². The van der Waals surface area contributed by atoms with Crippen LogP contribution in [0.4, 0.5) is 0 Å². The molecule has 0 aromatic heterocycles. The largest absolute Gasteiger partial charge is 0.381 e. The molecule has 3 saturated carbocycles. The molecular formula is C21H27BrO3. The van der Waals surface area contributed by atoms with Crippen molar-refractivity contribution in [3.8, 4) is 0 Å². The first-order chi connectivity index (χ1) is 11.8. The number of aliphatic hydroxyl groups is 1. The Balaban J connectivity index is 1.69. The molecule has 0 aromatic carbocycles. The van der Waals surface area contributed by atoms with E-state index >= 15 is 0 Å². The molecule has 0 bridgehead atoms. The first kappa shape index (κ1) is 17.7. The molecule has 4 rings (SSSR count). The standard InChI is InChI=1S/C21H27BrO3/c1-19-8-5-14(23)11-13(19)3-4-15-16(19)6-9-20(2)17(15)7-10-21(20,25)18(24)12-22/h5,8,11,15-17,25H,3-4,6-7,9-10,12H2,1-2H3/t15-,16+,17+,19+,20+,21+/m1/s1. The Hall–Kier alpha value is -0.740. The molecule has 6 atom stereocenters. The number of rotatable bonds is 2. The van der Waals surface area contributed by atoms with Crippen LogP contribution in [-0.2, 0) is 9.59 Å². The van der Waals surface area contributed by atoms with E-state index in [0.717, 1.165) is 32.1 Å². The average molecular weight is 407 g/mol. The van der Waals surface area contributed by atoms with E-state index < -0.39 is 5.60 Å². The Kier molecular flexibility index (Phi) is 3.98. The number of hydrogen-bond acceptors (Lipinski definition) is 3. The predicted molar refractivity (Wildman–Crippen MR) is 100 cm³/mol. The topological polar surface area (TPSA) is 54.4 Å². The highest BCUT2D eigenvalue weighted by Crippen LogP contribution is 2.67. The van der Waals surface area contributed by atoms with Crippen LogP contribution >= 0.6 is 15.9 Å². The third kappa shape index (κ3) is 2.19. The van der Waals surface area contributed by atoms with Gasteiger partial charge in [0.05, 0.1) is 5.33 Å². The van der Waals surface area contributed by atoms with Crippen molar-refractivity contribution in [2.24, 2.45) is 28.6 Å². The van der Waals surface area contributed by atoms with E-state index in [1.165, 1.54) is 5.57 Å². The van der Waals surface area contributed by atoms with Crippen LogP contribution < -0.4 is 0 Å².